The monoisotopic (exact) mass is 910 g/mol. The maximum atomic E-state index is 10.5. The van der Waals surface area contributed by atoms with Crippen LogP contribution in [0.4, 0.5) is 0 Å². The topological polar surface area (TPSA) is 212 Å². The van der Waals surface area contributed by atoms with E-state index in [4.69, 9.17) is 56.2 Å². The Morgan fingerprint density at radius 3 is 1.70 bits per heavy atom. The molecule has 0 unspecified atom stereocenters. The van der Waals surface area contributed by atoms with Crippen molar-refractivity contribution in [3.05, 3.63) is 77.3 Å². The molecule has 0 spiro atoms. The van der Waals surface area contributed by atoms with E-state index in [0.29, 0.717) is 27.8 Å². The van der Waals surface area contributed by atoms with E-state index >= 15 is 0 Å². The Kier molecular flexibility index (Phi) is 15.0. The van der Waals surface area contributed by atoms with Crippen molar-refractivity contribution in [2.24, 2.45) is 0 Å². The van der Waals surface area contributed by atoms with E-state index in [1.54, 1.807) is 50.1 Å². The predicted molar refractivity (Wildman–Crippen MR) is 228 cm³/mol. The van der Waals surface area contributed by atoms with E-state index in [0.717, 1.165) is 23.0 Å². The number of aliphatic hydroxyl groups excluding tert-OH is 1. The Balaban J connectivity index is 0.000000168. The Morgan fingerprint density at radius 2 is 1.28 bits per heavy atom. The first kappa shape index (κ1) is 48.7. The average Bonchev–Trinajstić information content (AvgIpc) is 3.99. The zero-order chi connectivity index (χ0) is 45.3. The van der Waals surface area contributed by atoms with Gasteiger partial charge in [-0.1, -0.05) is 54.7 Å². The van der Waals surface area contributed by atoms with Crippen LogP contribution in [-0.2, 0) is 38.5 Å². The van der Waals surface area contributed by atoms with Crippen molar-refractivity contribution in [1.29, 1.82) is 0 Å². The van der Waals surface area contributed by atoms with E-state index in [9.17, 15) is 18.6 Å². The fourth-order valence-corrected chi connectivity index (χ4v) is 8.25. The quantitative estimate of drug-likeness (QED) is 0.0847. The molecule has 3 aliphatic rings. The Bertz CT molecular complexity index is 2370. The molecule has 7 heterocycles. The molecule has 3 aliphatic heterocycles. The van der Waals surface area contributed by atoms with Gasteiger partial charge in [0.1, 0.15) is 57.7 Å². The van der Waals surface area contributed by atoms with Gasteiger partial charge in [-0.3, -0.25) is 4.55 Å². The third-order valence-electron chi connectivity index (χ3n) is 11.0. The minimum absolute atomic E-state index is 0.0472. The molecule has 5 aromatic rings. The lowest BCUT2D eigenvalue weighted by atomic mass is 9.93. The van der Waals surface area contributed by atoms with E-state index in [2.05, 4.69) is 33.8 Å². The second kappa shape index (κ2) is 18.8. The van der Waals surface area contributed by atoms with Crippen molar-refractivity contribution in [1.82, 2.24) is 29.1 Å². The molecule has 8 atom stereocenters. The molecular formula is C41H56Cl2N6O11S. The molecule has 3 N–H and O–H groups in total. The smallest absolute Gasteiger partial charge is 0.294 e. The predicted octanol–water partition coefficient (Wildman–Crippen LogP) is 7.06. The zero-order valence-corrected chi connectivity index (χ0v) is 38.4. The molecule has 1 aromatic carbocycles. The molecule has 0 aliphatic carbocycles. The summed E-state index contributed by atoms with van der Waals surface area (Å²) in [7, 11) is -0.790. The van der Waals surface area contributed by atoms with Gasteiger partial charge in [-0.25, -0.2) is 19.9 Å². The molecule has 20 heteroatoms. The van der Waals surface area contributed by atoms with Crippen molar-refractivity contribution in [2.75, 3.05) is 14.2 Å². The minimum atomic E-state index is -4.02. The van der Waals surface area contributed by atoms with Crippen LogP contribution in [0.2, 0.25) is 10.3 Å². The van der Waals surface area contributed by atoms with Crippen LogP contribution in [0, 0.1) is 6.92 Å². The van der Waals surface area contributed by atoms with Crippen LogP contribution in [0.5, 0.6) is 0 Å². The fourth-order valence-electron chi connectivity index (χ4n) is 7.38. The number of aromatic nitrogens is 6. The van der Waals surface area contributed by atoms with Crippen molar-refractivity contribution in [2.45, 2.75) is 140 Å². The summed E-state index contributed by atoms with van der Waals surface area (Å²) in [5.41, 5.74) is 0.477. The summed E-state index contributed by atoms with van der Waals surface area (Å²) in [5, 5.41) is 23.0. The average molecular weight is 912 g/mol. The number of rotatable bonds is 7. The molecule has 0 bridgehead atoms. The van der Waals surface area contributed by atoms with Gasteiger partial charge in [0.05, 0.1) is 27.9 Å². The number of hydrogen-bond acceptors (Lipinski definition) is 14. The van der Waals surface area contributed by atoms with Gasteiger partial charge >= 0.3 is 0 Å². The molecule has 17 nitrogen and oxygen atoms in total. The van der Waals surface area contributed by atoms with E-state index in [1.807, 2.05) is 58.4 Å². The highest BCUT2D eigenvalue weighted by atomic mass is 35.5. The lowest BCUT2D eigenvalue weighted by Crippen LogP contribution is -2.44. The second-order valence-electron chi connectivity index (χ2n) is 16.1. The standard InChI is InChI=1S/C16H20ClN3O3.C13H16ClN3O3.C7H8O3S.C5H12O2/c1-5-10-16(4)11(22-15(2,3)23-16)14(21-10)20-7-6-9-12(17)18-8-19-13(9)20;1-3-8-13(2,19)9(18)12(20-8)17-5-4-7-10(14)15-6-16-11(7)17;1-6-2-4-7(5-3-6)11(8,9)10;1-5(2,6-3)7-4/h6-8,10-11,14H,5H2,1-4H3;4-6,8-9,12,18-19H,3H2,1-2H3;2-5H,1H3,(H,8,9,10);1-4H3/t10-,11+,14-,16-;8-,9+,12-,13-;;/m11../s1. The highest BCUT2D eigenvalue weighted by Gasteiger charge is 2.63. The van der Waals surface area contributed by atoms with Crippen molar-refractivity contribution in [3.63, 3.8) is 0 Å². The number of benzene rings is 1. The molecule has 3 fully saturated rings. The minimum Gasteiger partial charge on any atom is -0.385 e. The number of methoxy groups -OCH3 is 2. The molecule has 61 heavy (non-hydrogen) atoms. The number of fused-ring (bicyclic) bond motifs is 3. The molecular weight excluding hydrogens is 855 g/mol. The van der Waals surface area contributed by atoms with Crippen LogP contribution in [-0.4, -0.2) is 114 Å². The van der Waals surface area contributed by atoms with E-state index < -0.39 is 51.3 Å². The summed E-state index contributed by atoms with van der Waals surface area (Å²) in [6.07, 6.45) is 5.17. The van der Waals surface area contributed by atoms with Crippen LogP contribution in [0.15, 0.2) is 66.3 Å². The van der Waals surface area contributed by atoms with Crippen LogP contribution in [0.1, 0.15) is 86.3 Å². The lowest BCUT2D eigenvalue weighted by molar-refractivity contribution is -0.210. The van der Waals surface area contributed by atoms with Crippen LogP contribution < -0.4 is 0 Å². The zero-order valence-electron chi connectivity index (χ0n) is 36.1. The van der Waals surface area contributed by atoms with Crippen molar-refractivity contribution < 1.29 is 51.6 Å². The van der Waals surface area contributed by atoms with Gasteiger partial charge in [-0.15, -0.1) is 0 Å². The maximum Gasteiger partial charge on any atom is 0.294 e. The largest absolute Gasteiger partial charge is 0.385 e. The summed E-state index contributed by atoms with van der Waals surface area (Å²) in [6, 6.07) is 9.65. The second-order valence-corrected chi connectivity index (χ2v) is 18.2. The van der Waals surface area contributed by atoms with Crippen molar-refractivity contribution >= 4 is 55.4 Å². The molecule has 0 saturated carbocycles. The van der Waals surface area contributed by atoms with Gasteiger partial charge in [0.2, 0.25) is 0 Å². The van der Waals surface area contributed by atoms with E-state index in [1.165, 1.54) is 24.8 Å². The third-order valence-corrected chi connectivity index (χ3v) is 12.5. The number of aryl methyl sites for hydroxylation is 1. The molecule has 336 valence electrons. The van der Waals surface area contributed by atoms with Gasteiger partial charge in [-0.05, 0) is 85.6 Å². The fraction of sp³-hybridized carbons (Fsp3) is 0.561. The number of aliphatic hydroxyl groups is 2. The highest BCUT2D eigenvalue weighted by Crippen LogP contribution is 2.51. The number of nitrogens with zero attached hydrogens (tertiary/aromatic N) is 6. The maximum absolute atomic E-state index is 10.5. The van der Waals surface area contributed by atoms with Gasteiger partial charge in [0, 0.05) is 26.6 Å². The molecule has 3 saturated heterocycles. The van der Waals surface area contributed by atoms with Crippen molar-refractivity contribution in [3.8, 4) is 0 Å². The summed E-state index contributed by atoms with van der Waals surface area (Å²) in [5.74, 6) is -1.05. The molecule has 0 radical (unpaired) electrons. The van der Waals surface area contributed by atoms with Crippen LogP contribution in [0.3, 0.4) is 0 Å². The first-order valence-corrected chi connectivity index (χ1v) is 21.8. The highest BCUT2D eigenvalue weighted by molar-refractivity contribution is 7.85. The van der Waals surface area contributed by atoms with Gasteiger partial charge in [0.25, 0.3) is 10.1 Å². The van der Waals surface area contributed by atoms with Crippen LogP contribution >= 0.6 is 23.2 Å². The van der Waals surface area contributed by atoms with Gasteiger partial charge in [-0.2, -0.15) is 8.42 Å². The Labute approximate surface area is 366 Å². The summed E-state index contributed by atoms with van der Waals surface area (Å²) < 4.78 is 67.4. The lowest BCUT2D eigenvalue weighted by Gasteiger charge is -2.28. The van der Waals surface area contributed by atoms with E-state index in [-0.39, 0.29) is 23.3 Å². The third kappa shape index (κ3) is 10.4. The Hall–Kier alpha value is -3.37. The number of halogens is 2. The summed E-state index contributed by atoms with van der Waals surface area (Å²) >= 11 is 12.2. The van der Waals surface area contributed by atoms with Gasteiger partial charge in [0.15, 0.2) is 24.0 Å². The number of ether oxygens (including phenoxy) is 6. The Morgan fingerprint density at radius 1 is 0.803 bits per heavy atom. The van der Waals surface area contributed by atoms with Gasteiger partial charge < -0.3 is 47.8 Å². The SMILES string of the molecule is CC[C@H]1O[C@@H](n2ccc3c(Cl)ncnc32)[C@@H]2OC(C)(C)O[C@]12C.CC[C@H]1O[C@@H](n2ccc3c(Cl)ncnc32)[C@H](O)[C@]1(C)O.COC(C)(C)OC.Cc1ccc(S(=O)(=O)O)cc1. The normalized spacial score (nSPS) is 28.1. The van der Waals surface area contributed by atoms with Crippen LogP contribution in [0.25, 0.3) is 22.1 Å². The summed E-state index contributed by atoms with van der Waals surface area (Å²) in [4.78, 5) is 16.4. The number of hydrogen-bond donors (Lipinski definition) is 3. The summed E-state index contributed by atoms with van der Waals surface area (Å²) in [6.45, 7) is 17.1. The molecule has 8 rings (SSSR count). The molecule has 0 amide bonds. The molecule has 4 aromatic heterocycles. The first-order chi connectivity index (χ1) is 28.4. The first-order valence-electron chi connectivity index (χ1n) is 19.6.